The summed E-state index contributed by atoms with van der Waals surface area (Å²) < 4.78 is 5.39. The second kappa shape index (κ2) is 5.01. The van der Waals surface area contributed by atoms with E-state index in [1.165, 1.54) is 0 Å². The van der Waals surface area contributed by atoms with Gasteiger partial charge >= 0.3 is 0 Å². The number of anilines is 2. The smallest absolute Gasteiger partial charge is 0.137 e. The van der Waals surface area contributed by atoms with Crippen LogP contribution in [-0.4, -0.2) is 29.2 Å². The van der Waals surface area contributed by atoms with Crippen LogP contribution in [0.3, 0.4) is 0 Å². The van der Waals surface area contributed by atoms with Crippen LogP contribution in [0.5, 0.6) is 0 Å². The Morgan fingerprint density at radius 2 is 2.21 bits per heavy atom. The zero-order valence-electron chi connectivity index (χ0n) is 11.0. The number of fused-ring (bicyclic) bond motifs is 1. The van der Waals surface area contributed by atoms with Crippen LogP contribution in [0.25, 0.3) is 10.9 Å². The van der Waals surface area contributed by atoms with Crippen molar-refractivity contribution in [2.24, 2.45) is 0 Å². The van der Waals surface area contributed by atoms with Crippen molar-refractivity contribution in [1.29, 1.82) is 0 Å². The highest BCUT2D eigenvalue weighted by Crippen LogP contribution is 2.27. The number of nitrogens with two attached hydrogens (primary N) is 1. The summed E-state index contributed by atoms with van der Waals surface area (Å²) in [6, 6.07) is 6.13. The molecule has 1 saturated carbocycles. The van der Waals surface area contributed by atoms with Gasteiger partial charge in [0, 0.05) is 24.2 Å². The molecule has 0 saturated heterocycles. The molecule has 0 aliphatic heterocycles. The Hall–Kier alpha value is -1.88. The molecule has 1 aliphatic carbocycles. The maximum absolute atomic E-state index is 5.78. The van der Waals surface area contributed by atoms with Crippen molar-refractivity contribution in [3.63, 3.8) is 0 Å². The summed E-state index contributed by atoms with van der Waals surface area (Å²) in [4.78, 5) is 8.60. The Morgan fingerprint density at radius 3 is 3.00 bits per heavy atom. The first kappa shape index (κ1) is 12.2. The van der Waals surface area contributed by atoms with E-state index in [-0.39, 0.29) is 0 Å². The first-order valence-electron chi connectivity index (χ1n) is 6.56. The summed E-state index contributed by atoms with van der Waals surface area (Å²) in [6.07, 6.45) is 5.17. The molecule has 3 rings (SSSR count). The van der Waals surface area contributed by atoms with Gasteiger partial charge in [-0.1, -0.05) is 0 Å². The molecule has 0 amide bonds. The molecule has 100 valence electrons. The topological polar surface area (TPSA) is 73.1 Å². The normalized spacial score (nSPS) is 22.8. The lowest BCUT2D eigenvalue weighted by Crippen LogP contribution is -2.18. The fraction of sp³-hybridized carbons (Fsp3) is 0.429. The molecule has 5 nitrogen and oxygen atoms in total. The summed E-state index contributed by atoms with van der Waals surface area (Å²) in [5.74, 6) is 0.881. The Balaban J connectivity index is 1.85. The van der Waals surface area contributed by atoms with Gasteiger partial charge in [-0.2, -0.15) is 0 Å². The number of hydrogen-bond donors (Lipinski definition) is 2. The lowest BCUT2D eigenvalue weighted by Gasteiger charge is -2.15. The zero-order valence-corrected chi connectivity index (χ0v) is 11.0. The molecule has 1 heterocycles. The zero-order chi connectivity index (χ0) is 13.2. The molecule has 5 heteroatoms. The Labute approximate surface area is 112 Å². The van der Waals surface area contributed by atoms with Gasteiger partial charge in [0.05, 0.1) is 11.6 Å². The number of nitrogens with zero attached hydrogens (tertiary/aromatic N) is 2. The predicted molar refractivity (Wildman–Crippen MR) is 76.0 cm³/mol. The van der Waals surface area contributed by atoms with E-state index < -0.39 is 0 Å². The quantitative estimate of drug-likeness (QED) is 0.826. The predicted octanol–water partition coefficient (Wildman–Crippen LogP) is 2.19. The molecular weight excluding hydrogens is 240 g/mol. The Kier molecular flexibility index (Phi) is 3.21. The average molecular weight is 258 g/mol. The Bertz CT molecular complexity index is 587. The van der Waals surface area contributed by atoms with Gasteiger partial charge in [-0.05, 0) is 37.5 Å². The summed E-state index contributed by atoms with van der Waals surface area (Å²) in [5.41, 5.74) is 7.37. The van der Waals surface area contributed by atoms with Crippen LogP contribution in [0.2, 0.25) is 0 Å². The van der Waals surface area contributed by atoms with Gasteiger partial charge in [-0.3, -0.25) is 0 Å². The first-order chi connectivity index (χ1) is 9.26. The van der Waals surface area contributed by atoms with Gasteiger partial charge in [0.1, 0.15) is 12.1 Å². The molecule has 1 fully saturated rings. The van der Waals surface area contributed by atoms with E-state index in [2.05, 4.69) is 15.3 Å². The molecule has 1 aromatic heterocycles. The third-order valence-corrected chi connectivity index (χ3v) is 3.72. The molecule has 1 aliphatic rings. The monoisotopic (exact) mass is 258 g/mol. The highest BCUT2D eigenvalue weighted by Gasteiger charge is 2.24. The van der Waals surface area contributed by atoms with Crippen LogP contribution in [0.4, 0.5) is 11.5 Å². The van der Waals surface area contributed by atoms with Crippen molar-refractivity contribution in [2.45, 2.75) is 31.4 Å². The maximum atomic E-state index is 5.78. The van der Waals surface area contributed by atoms with Crippen LogP contribution >= 0.6 is 0 Å². The molecule has 2 atom stereocenters. The van der Waals surface area contributed by atoms with Gasteiger partial charge in [-0.25, -0.2) is 9.97 Å². The molecule has 2 unspecified atom stereocenters. The molecule has 2 aromatic rings. The maximum Gasteiger partial charge on any atom is 0.137 e. The largest absolute Gasteiger partial charge is 0.399 e. The number of nitrogen functional groups attached to an aromatic ring is 1. The fourth-order valence-corrected chi connectivity index (χ4v) is 2.67. The highest BCUT2D eigenvalue weighted by atomic mass is 16.5. The number of hydrogen-bond acceptors (Lipinski definition) is 5. The molecule has 19 heavy (non-hydrogen) atoms. The first-order valence-corrected chi connectivity index (χ1v) is 6.56. The summed E-state index contributed by atoms with van der Waals surface area (Å²) in [5, 5.41) is 4.51. The third-order valence-electron chi connectivity index (χ3n) is 3.72. The highest BCUT2D eigenvalue weighted by molar-refractivity contribution is 5.90. The average Bonchev–Trinajstić information content (AvgIpc) is 2.86. The van der Waals surface area contributed by atoms with Crippen LogP contribution in [0, 0.1) is 0 Å². The summed E-state index contributed by atoms with van der Waals surface area (Å²) in [6.45, 7) is 0. The minimum atomic E-state index is 0.362. The van der Waals surface area contributed by atoms with Gasteiger partial charge in [-0.15, -0.1) is 0 Å². The number of methoxy groups -OCH3 is 1. The number of ether oxygens (including phenoxy) is 1. The van der Waals surface area contributed by atoms with Crippen LogP contribution < -0.4 is 11.1 Å². The van der Waals surface area contributed by atoms with Crippen molar-refractivity contribution in [1.82, 2.24) is 9.97 Å². The summed E-state index contributed by atoms with van der Waals surface area (Å²) in [7, 11) is 1.77. The number of aromatic nitrogens is 2. The number of rotatable bonds is 3. The second-order valence-electron chi connectivity index (χ2n) is 5.01. The van der Waals surface area contributed by atoms with E-state index in [1.54, 1.807) is 13.4 Å². The van der Waals surface area contributed by atoms with Gasteiger partial charge in [0.2, 0.25) is 0 Å². The van der Waals surface area contributed by atoms with Crippen molar-refractivity contribution >= 4 is 22.4 Å². The van der Waals surface area contributed by atoms with E-state index in [0.717, 1.165) is 41.7 Å². The summed E-state index contributed by atoms with van der Waals surface area (Å²) >= 11 is 0. The van der Waals surface area contributed by atoms with Crippen molar-refractivity contribution in [2.75, 3.05) is 18.2 Å². The van der Waals surface area contributed by atoms with E-state index in [9.17, 15) is 0 Å². The molecule has 0 bridgehead atoms. The minimum Gasteiger partial charge on any atom is -0.399 e. The van der Waals surface area contributed by atoms with Crippen molar-refractivity contribution < 1.29 is 4.74 Å². The fourth-order valence-electron chi connectivity index (χ4n) is 2.67. The number of nitrogens with one attached hydrogen (secondary N) is 1. The van der Waals surface area contributed by atoms with Crippen LogP contribution in [-0.2, 0) is 4.74 Å². The lowest BCUT2D eigenvalue weighted by molar-refractivity contribution is 0.108. The molecule has 1 aromatic carbocycles. The van der Waals surface area contributed by atoms with Crippen molar-refractivity contribution in [3.8, 4) is 0 Å². The van der Waals surface area contributed by atoms with Crippen LogP contribution in [0.1, 0.15) is 19.3 Å². The van der Waals surface area contributed by atoms with E-state index in [0.29, 0.717) is 12.1 Å². The number of benzene rings is 1. The van der Waals surface area contributed by atoms with Gasteiger partial charge in [0.15, 0.2) is 0 Å². The standard InChI is InChI=1S/C14H18N4O/c1-19-11-4-3-10(7-11)18-14-12-5-2-9(15)6-13(12)16-8-17-14/h2,5-6,8,10-11H,3-4,7,15H2,1H3,(H,16,17,18). The van der Waals surface area contributed by atoms with E-state index in [1.807, 2.05) is 18.2 Å². The molecule has 3 N–H and O–H groups in total. The minimum absolute atomic E-state index is 0.362. The van der Waals surface area contributed by atoms with Gasteiger partial charge < -0.3 is 15.8 Å². The SMILES string of the molecule is COC1CCC(Nc2ncnc3cc(N)ccc23)C1. The van der Waals surface area contributed by atoms with Gasteiger partial charge in [0.25, 0.3) is 0 Å². The molecule has 0 radical (unpaired) electrons. The Morgan fingerprint density at radius 1 is 1.32 bits per heavy atom. The lowest BCUT2D eigenvalue weighted by atomic mass is 10.2. The molecule has 0 spiro atoms. The second-order valence-corrected chi connectivity index (χ2v) is 5.01. The van der Waals surface area contributed by atoms with E-state index >= 15 is 0 Å². The third kappa shape index (κ3) is 2.46. The van der Waals surface area contributed by atoms with Crippen molar-refractivity contribution in [3.05, 3.63) is 24.5 Å². The molecular formula is C14H18N4O. The van der Waals surface area contributed by atoms with Crippen LogP contribution in [0.15, 0.2) is 24.5 Å². The van der Waals surface area contributed by atoms with E-state index in [4.69, 9.17) is 10.5 Å².